The lowest BCUT2D eigenvalue weighted by molar-refractivity contribution is 0.534. The second-order valence-corrected chi connectivity index (χ2v) is 3.66. The molecular weight excluding hydrogens is 246 g/mol. The molecule has 0 aromatic heterocycles. The standard InChI is InChI=1S/C9H12F2.C4H10N2.C2H6/c1-4-8(6-7(3)10)9(11)5-2;1-2-6-4-3-5-1;1-2/h5-6H,2,4H2,1,3H3;5-6H,1-4H2;1-2H3/b7-6+,9-8+;;. The summed E-state index contributed by atoms with van der Waals surface area (Å²) in [6, 6.07) is 0. The number of rotatable bonds is 3. The Morgan fingerprint density at radius 1 is 1.11 bits per heavy atom. The van der Waals surface area contributed by atoms with Gasteiger partial charge in [0.1, 0.15) is 5.83 Å². The van der Waals surface area contributed by atoms with E-state index in [1.165, 1.54) is 13.0 Å². The Morgan fingerprint density at radius 2 is 1.53 bits per heavy atom. The monoisotopic (exact) mass is 274 g/mol. The SMILES string of the molecule is C1CNCCN1.C=C/C(F)=C(\C=C(/C)F)CC.CC. The predicted molar refractivity (Wildman–Crippen MR) is 80.6 cm³/mol. The molecule has 0 amide bonds. The molecule has 0 bridgehead atoms. The van der Waals surface area contributed by atoms with Gasteiger partial charge in [-0.2, -0.15) is 0 Å². The number of hydrogen-bond acceptors (Lipinski definition) is 2. The lowest BCUT2D eigenvalue weighted by Gasteiger charge is -2.11. The Bertz CT molecular complexity index is 264. The van der Waals surface area contributed by atoms with Crippen molar-refractivity contribution in [2.24, 2.45) is 0 Å². The van der Waals surface area contributed by atoms with Crippen molar-refractivity contribution < 1.29 is 8.78 Å². The predicted octanol–water partition coefficient (Wildman–Crippen LogP) is 3.88. The van der Waals surface area contributed by atoms with Gasteiger partial charge in [-0.25, -0.2) is 8.78 Å². The van der Waals surface area contributed by atoms with Crippen molar-refractivity contribution >= 4 is 0 Å². The zero-order chi connectivity index (χ0) is 15.1. The number of hydrogen-bond donors (Lipinski definition) is 2. The van der Waals surface area contributed by atoms with Gasteiger partial charge in [-0.1, -0.05) is 27.4 Å². The minimum Gasteiger partial charge on any atom is -0.314 e. The maximum Gasteiger partial charge on any atom is 0.125 e. The fraction of sp³-hybridized carbons (Fsp3) is 0.600. The summed E-state index contributed by atoms with van der Waals surface area (Å²) in [6.07, 6.45) is 2.73. The number of halogens is 2. The van der Waals surface area contributed by atoms with Gasteiger partial charge in [0.2, 0.25) is 0 Å². The highest BCUT2D eigenvalue weighted by Crippen LogP contribution is 2.14. The molecule has 1 heterocycles. The average Bonchev–Trinajstić information content (AvgIpc) is 2.48. The Labute approximate surface area is 116 Å². The molecule has 1 fully saturated rings. The van der Waals surface area contributed by atoms with Crippen LogP contribution in [0.4, 0.5) is 8.78 Å². The topological polar surface area (TPSA) is 24.1 Å². The Hall–Kier alpha value is -1.00. The molecule has 112 valence electrons. The summed E-state index contributed by atoms with van der Waals surface area (Å²) in [4.78, 5) is 0. The number of allylic oxidation sites excluding steroid dienone is 5. The molecule has 1 aliphatic heterocycles. The van der Waals surface area contributed by atoms with Crippen LogP contribution in [0.25, 0.3) is 0 Å². The van der Waals surface area contributed by atoms with Crippen molar-refractivity contribution in [1.82, 2.24) is 10.6 Å². The first-order valence-corrected chi connectivity index (χ1v) is 6.88. The molecule has 2 N–H and O–H groups in total. The maximum atomic E-state index is 12.7. The Morgan fingerprint density at radius 3 is 1.74 bits per heavy atom. The molecule has 0 radical (unpaired) electrons. The first-order valence-electron chi connectivity index (χ1n) is 6.88. The zero-order valence-corrected chi connectivity index (χ0v) is 12.7. The van der Waals surface area contributed by atoms with E-state index in [-0.39, 0.29) is 5.83 Å². The van der Waals surface area contributed by atoms with Crippen molar-refractivity contribution in [3.05, 3.63) is 36.0 Å². The van der Waals surface area contributed by atoms with E-state index < -0.39 is 5.83 Å². The molecule has 19 heavy (non-hydrogen) atoms. The van der Waals surface area contributed by atoms with Crippen molar-refractivity contribution in [1.29, 1.82) is 0 Å². The lowest BCUT2D eigenvalue weighted by Crippen LogP contribution is -2.39. The average molecular weight is 274 g/mol. The highest BCUT2D eigenvalue weighted by atomic mass is 19.1. The Kier molecular flexibility index (Phi) is 16.1. The van der Waals surface area contributed by atoms with Gasteiger partial charge in [-0.15, -0.1) is 0 Å². The Balaban J connectivity index is 0. The summed E-state index contributed by atoms with van der Waals surface area (Å²) in [6.45, 7) is 14.9. The smallest absolute Gasteiger partial charge is 0.125 e. The molecule has 2 nitrogen and oxygen atoms in total. The fourth-order valence-electron chi connectivity index (χ4n) is 1.31. The van der Waals surface area contributed by atoms with Gasteiger partial charge in [0, 0.05) is 26.2 Å². The fourth-order valence-corrected chi connectivity index (χ4v) is 1.31. The molecule has 1 aliphatic rings. The molecule has 4 heteroatoms. The summed E-state index contributed by atoms with van der Waals surface area (Å²) < 4.78 is 25.0. The van der Waals surface area contributed by atoms with E-state index in [4.69, 9.17) is 0 Å². The highest BCUT2D eigenvalue weighted by molar-refractivity contribution is 5.28. The maximum absolute atomic E-state index is 12.7. The van der Waals surface area contributed by atoms with E-state index >= 15 is 0 Å². The largest absolute Gasteiger partial charge is 0.314 e. The van der Waals surface area contributed by atoms with Crippen LogP contribution in [0, 0.1) is 0 Å². The van der Waals surface area contributed by atoms with E-state index in [0.717, 1.165) is 32.3 Å². The molecule has 1 saturated heterocycles. The molecule has 0 aromatic rings. The first-order chi connectivity index (χ1) is 9.11. The summed E-state index contributed by atoms with van der Waals surface area (Å²) in [5.41, 5.74) is 0.347. The molecule has 0 aliphatic carbocycles. The van der Waals surface area contributed by atoms with E-state index in [1.54, 1.807) is 6.92 Å². The van der Waals surface area contributed by atoms with Crippen LogP contribution in [0.5, 0.6) is 0 Å². The third-order valence-electron chi connectivity index (χ3n) is 2.20. The second-order valence-electron chi connectivity index (χ2n) is 3.66. The van der Waals surface area contributed by atoms with Gasteiger partial charge < -0.3 is 10.6 Å². The summed E-state index contributed by atoms with van der Waals surface area (Å²) in [5, 5.41) is 6.44. The molecule has 0 spiro atoms. The summed E-state index contributed by atoms with van der Waals surface area (Å²) >= 11 is 0. The van der Waals surface area contributed by atoms with Crippen molar-refractivity contribution in [2.75, 3.05) is 26.2 Å². The minimum absolute atomic E-state index is 0.347. The van der Waals surface area contributed by atoms with E-state index in [1.807, 2.05) is 13.8 Å². The highest BCUT2D eigenvalue weighted by Gasteiger charge is 1.97. The van der Waals surface area contributed by atoms with Gasteiger partial charge in [0.25, 0.3) is 0 Å². The van der Waals surface area contributed by atoms with E-state index in [9.17, 15) is 8.78 Å². The van der Waals surface area contributed by atoms with Crippen LogP contribution < -0.4 is 10.6 Å². The first kappa shape index (κ1) is 20.3. The number of nitrogens with one attached hydrogen (secondary N) is 2. The van der Waals surface area contributed by atoms with Crippen LogP contribution in [0.3, 0.4) is 0 Å². The van der Waals surface area contributed by atoms with Gasteiger partial charge in [-0.05, 0) is 31.1 Å². The number of piperazine rings is 1. The van der Waals surface area contributed by atoms with Crippen LogP contribution in [-0.4, -0.2) is 26.2 Å². The van der Waals surface area contributed by atoms with Gasteiger partial charge in [0.05, 0.1) is 5.83 Å². The third-order valence-corrected chi connectivity index (χ3v) is 2.20. The van der Waals surface area contributed by atoms with Gasteiger partial charge >= 0.3 is 0 Å². The summed E-state index contributed by atoms with van der Waals surface area (Å²) in [7, 11) is 0. The third kappa shape index (κ3) is 13.2. The molecule has 0 saturated carbocycles. The van der Waals surface area contributed by atoms with Crippen molar-refractivity contribution in [2.45, 2.75) is 34.1 Å². The van der Waals surface area contributed by atoms with Gasteiger partial charge in [-0.3, -0.25) is 0 Å². The van der Waals surface area contributed by atoms with Crippen LogP contribution in [-0.2, 0) is 0 Å². The normalized spacial score (nSPS) is 16.2. The van der Waals surface area contributed by atoms with Gasteiger partial charge in [0.15, 0.2) is 0 Å². The summed E-state index contributed by atoms with van der Waals surface area (Å²) in [5.74, 6) is -0.844. The van der Waals surface area contributed by atoms with Crippen LogP contribution >= 0.6 is 0 Å². The van der Waals surface area contributed by atoms with E-state index in [0.29, 0.717) is 12.0 Å². The van der Waals surface area contributed by atoms with Crippen molar-refractivity contribution in [3.8, 4) is 0 Å². The zero-order valence-electron chi connectivity index (χ0n) is 12.7. The molecule has 1 rings (SSSR count). The minimum atomic E-state index is -0.454. The molecular formula is C15H28F2N2. The van der Waals surface area contributed by atoms with Crippen LogP contribution in [0.1, 0.15) is 34.1 Å². The van der Waals surface area contributed by atoms with Crippen LogP contribution in [0.2, 0.25) is 0 Å². The molecule has 0 unspecified atom stereocenters. The van der Waals surface area contributed by atoms with Crippen molar-refractivity contribution in [3.63, 3.8) is 0 Å². The molecule has 0 aromatic carbocycles. The quantitative estimate of drug-likeness (QED) is 0.763. The lowest BCUT2D eigenvalue weighted by atomic mass is 10.1. The molecule has 0 atom stereocenters. The van der Waals surface area contributed by atoms with Crippen LogP contribution in [0.15, 0.2) is 36.0 Å². The second kappa shape index (κ2) is 15.1. The van der Waals surface area contributed by atoms with E-state index in [2.05, 4.69) is 17.2 Å².